The fraction of sp³-hybridized carbons (Fsp3) is 0.500. The first-order valence-corrected chi connectivity index (χ1v) is 7.98. The number of nitrogens with zero attached hydrogens (tertiary/aromatic N) is 1. The Morgan fingerprint density at radius 2 is 1.83 bits per heavy atom. The summed E-state index contributed by atoms with van der Waals surface area (Å²) in [6.07, 6.45) is 0. The van der Waals surface area contributed by atoms with E-state index in [1.165, 1.54) is 4.90 Å². The topological polar surface area (TPSA) is 69.6 Å². The lowest BCUT2D eigenvalue weighted by Crippen LogP contribution is -2.45. The van der Waals surface area contributed by atoms with Crippen LogP contribution in [0.25, 0.3) is 0 Å². The maximum atomic E-state index is 12.1. The van der Waals surface area contributed by atoms with Crippen LogP contribution < -0.4 is 5.32 Å². The van der Waals surface area contributed by atoms with E-state index < -0.39 is 17.3 Å². The lowest BCUT2D eigenvalue weighted by atomic mass is 9.84. The number of hydrogen-bond donors (Lipinski definition) is 2. The van der Waals surface area contributed by atoms with Crippen LogP contribution in [-0.4, -0.2) is 42.1 Å². The van der Waals surface area contributed by atoms with Crippen molar-refractivity contribution in [3.8, 4) is 0 Å². The highest BCUT2D eigenvalue weighted by molar-refractivity contribution is 6.36. The minimum Gasteiger partial charge on any atom is -0.481 e. The van der Waals surface area contributed by atoms with Crippen molar-refractivity contribution >= 4 is 35.2 Å². The van der Waals surface area contributed by atoms with E-state index in [2.05, 4.69) is 5.32 Å². The Kier molecular flexibility index (Phi) is 6.71. The Bertz CT molecular complexity index is 570. The molecule has 0 heterocycles. The Hall–Kier alpha value is -1.46. The molecule has 0 fully saturated rings. The third-order valence-electron chi connectivity index (χ3n) is 3.64. The number of urea groups is 1. The van der Waals surface area contributed by atoms with Crippen LogP contribution in [0.1, 0.15) is 26.3 Å². The predicted molar refractivity (Wildman–Crippen MR) is 92.3 cm³/mol. The van der Waals surface area contributed by atoms with Crippen LogP contribution in [0.5, 0.6) is 0 Å². The van der Waals surface area contributed by atoms with Crippen molar-refractivity contribution in [2.24, 2.45) is 5.92 Å². The van der Waals surface area contributed by atoms with Crippen molar-refractivity contribution < 1.29 is 14.7 Å². The first-order chi connectivity index (χ1) is 10.6. The number of benzene rings is 1. The third-order valence-corrected chi connectivity index (χ3v) is 4.27. The van der Waals surface area contributed by atoms with Gasteiger partial charge < -0.3 is 15.3 Å². The van der Waals surface area contributed by atoms with E-state index in [0.717, 1.165) is 5.56 Å². The normalized spacial score (nSPS) is 12.6. The second-order valence-electron chi connectivity index (χ2n) is 6.26. The van der Waals surface area contributed by atoms with Gasteiger partial charge in [0, 0.05) is 35.6 Å². The Labute approximate surface area is 146 Å². The first-order valence-electron chi connectivity index (χ1n) is 7.22. The summed E-state index contributed by atoms with van der Waals surface area (Å²) in [5, 5.41) is 12.8. The molecule has 1 atom stereocenters. The third kappa shape index (κ3) is 5.29. The monoisotopic (exact) mass is 360 g/mol. The van der Waals surface area contributed by atoms with Crippen molar-refractivity contribution in [3.05, 3.63) is 33.8 Å². The minimum atomic E-state index is -0.937. The number of carbonyl (C=O) groups excluding carboxylic acids is 1. The van der Waals surface area contributed by atoms with Gasteiger partial charge in [0.05, 0.1) is 5.92 Å². The zero-order valence-corrected chi connectivity index (χ0v) is 15.2. The van der Waals surface area contributed by atoms with Crippen LogP contribution >= 0.6 is 23.2 Å². The van der Waals surface area contributed by atoms with Gasteiger partial charge in [-0.15, -0.1) is 0 Å². The summed E-state index contributed by atoms with van der Waals surface area (Å²) in [4.78, 5) is 24.3. The SMILES string of the molecule is CC(CN(C)C(=O)NCC(C)(C)c1c(Cl)cccc1Cl)C(=O)O. The van der Waals surface area contributed by atoms with Gasteiger partial charge in [0.1, 0.15) is 0 Å². The van der Waals surface area contributed by atoms with Crippen molar-refractivity contribution in [2.75, 3.05) is 20.1 Å². The van der Waals surface area contributed by atoms with Gasteiger partial charge in [-0.3, -0.25) is 4.79 Å². The van der Waals surface area contributed by atoms with Crippen LogP contribution in [0.2, 0.25) is 10.0 Å². The van der Waals surface area contributed by atoms with Crippen molar-refractivity contribution in [1.82, 2.24) is 10.2 Å². The standard InChI is InChI=1S/C16H22Cl2N2O3/c1-10(14(21)22)8-20(4)15(23)19-9-16(2,3)13-11(17)6-5-7-12(13)18/h5-7,10H,8-9H2,1-4H3,(H,19,23)(H,21,22). The van der Waals surface area contributed by atoms with Crippen LogP contribution in [-0.2, 0) is 10.2 Å². The molecule has 1 rings (SSSR count). The maximum absolute atomic E-state index is 12.1. The molecule has 7 heteroatoms. The van der Waals surface area contributed by atoms with Gasteiger partial charge in [-0.1, -0.05) is 50.0 Å². The van der Waals surface area contributed by atoms with E-state index in [0.29, 0.717) is 16.6 Å². The maximum Gasteiger partial charge on any atom is 0.317 e. The quantitative estimate of drug-likeness (QED) is 0.813. The van der Waals surface area contributed by atoms with Gasteiger partial charge in [-0.2, -0.15) is 0 Å². The van der Waals surface area contributed by atoms with E-state index >= 15 is 0 Å². The van der Waals surface area contributed by atoms with Gasteiger partial charge in [0.2, 0.25) is 0 Å². The van der Waals surface area contributed by atoms with Gasteiger partial charge in [0.25, 0.3) is 0 Å². The number of carboxylic acids is 1. The molecule has 0 spiro atoms. The summed E-state index contributed by atoms with van der Waals surface area (Å²) >= 11 is 12.4. The molecule has 0 saturated carbocycles. The number of rotatable bonds is 6. The molecule has 2 amide bonds. The van der Waals surface area contributed by atoms with E-state index in [9.17, 15) is 9.59 Å². The number of amides is 2. The summed E-state index contributed by atoms with van der Waals surface area (Å²) in [5.74, 6) is -1.57. The molecule has 1 aromatic rings. The molecular weight excluding hydrogens is 339 g/mol. The molecule has 2 N–H and O–H groups in total. The highest BCUT2D eigenvalue weighted by Crippen LogP contribution is 2.35. The molecule has 23 heavy (non-hydrogen) atoms. The molecule has 0 aliphatic carbocycles. The van der Waals surface area contributed by atoms with E-state index in [1.807, 2.05) is 13.8 Å². The second kappa shape index (κ2) is 7.88. The van der Waals surface area contributed by atoms with Crippen molar-refractivity contribution in [3.63, 3.8) is 0 Å². The Morgan fingerprint density at radius 3 is 2.30 bits per heavy atom. The summed E-state index contributed by atoms with van der Waals surface area (Å²) in [6, 6.07) is 4.94. The molecular formula is C16H22Cl2N2O3. The molecule has 5 nitrogen and oxygen atoms in total. The lowest BCUT2D eigenvalue weighted by Gasteiger charge is -2.29. The zero-order chi connectivity index (χ0) is 17.8. The average molecular weight is 361 g/mol. The molecule has 128 valence electrons. The van der Waals surface area contributed by atoms with Gasteiger partial charge in [0.15, 0.2) is 0 Å². The average Bonchev–Trinajstić information content (AvgIpc) is 2.44. The lowest BCUT2D eigenvalue weighted by molar-refractivity contribution is -0.141. The molecule has 0 aromatic heterocycles. The highest BCUT2D eigenvalue weighted by Gasteiger charge is 2.27. The summed E-state index contributed by atoms with van der Waals surface area (Å²) in [5.41, 5.74) is 0.301. The number of hydrogen-bond acceptors (Lipinski definition) is 2. The van der Waals surface area contributed by atoms with Crippen molar-refractivity contribution in [1.29, 1.82) is 0 Å². The molecule has 1 unspecified atom stereocenters. The first kappa shape index (κ1) is 19.6. The molecule has 0 aliphatic rings. The molecule has 0 aliphatic heterocycles. The van der Waals surface area contributed by atoms with Crippen LogP contribution in [0.3, 0.4) is 0 Å². The summed E-state index contributed by atoms with van der Waals surface area (Å²) in [6.45, 7) is 5.87. The van der Waals surface area contributed by atoms with E-state index in [4.69, 9.17) is 28.3 Å². The number of carboxylic acid groups (broad SMARTS) is 1. The number of carbonyl (C=O) groups is 2. The number of nitrogens with one attached hydrogen (secondary N) is 1. The minimum absolute atomic E-state index is 0.133. The van der Waals surface area contributed by atoms with Crippen LogP contribution in [0.15, 0.2) is 18.2 Å². The smallest absolute Gasteiger partial charge is 0.317 e. The zero-order valence-electron chi connectivity index (χ0n) is 13.7. The predicted octanol–water partition coefficient (Wildman–Crippen LogP) is 3.63. The molecule has 0 saturated heterocycles. The fourth-order valence-electron chi connectivity index (χ4n) is 2.24. The molecule has 0 bridgehead atoms. The summed E-state index contributed by atoms with van der Waals surface area (Å²) < 4.78 is 0. The van der Waals surface area contributed by atoms with E-state index in [-0.39, 0.29) is 12.6 Å². The highest BCUT2D eigenvalue weighted by atomic mass is 35.5. The Balaban J connectivity index is 2.72. The Morgan fingerprint density at radius 1 is 1.30 bits per heavy atom. The molecule has 1 aromatic carbocycles. The van der Waals surface area contributed by atoms with E-state index in [1.54, 1.807) is 32.2 Å². The van der Waals surface area contributed by atoms with Crippen LogP contribution in [0, 0.1) is 5.92 Å². The summed E-state index contributed by atoms with van der Waals surface area (Å²) in [7, 11) is 1.56. The number of aliphatic carboxylic acids is 1. The largest absolute Gasteiger partial charge is 0.481 e. The van der Waals surface area contributed by atoms with Crippen molar-refractivity contribution in [2.45, 2.75) is 26.2 Å². The van der Waals surface area contributed by atoms with Gasteiger partial charge >= 0.3 is 12.0 Å². The van der Waals surface area contributed by atoms with Gasteiger partial charge in [-0.05, 0) is 17.7 Å². The molecule has 0 radical (unpaired) electrons. The number of halogens is 2. The fourth-order valence-corrected chi connectivity index (χ4v) is 3.15. The second-order valence-corrected chi connectivity index (χ2v) is 7.07. The van der Waals surface area contributed by atoms with Gasteiger partial charge in [-0.25, -0.2) is 4.79 Å². The van der Waals surface area contributed by atoms with Crippen LogP contribution in [0.4, 0.5) is 4.79 Å².